The van der Waals surface area contributed by atoms with Crippen molar-refractivity contribution < 1.29 is 9.53 Å². The van der Waals surface area contributed by atoms with Crippen LogP contribution >= 0.6 is 11.8 Å². The molecule has 1 aliphatic heterocycles. The molecule has 3 rings (SSSR count). The molecule has 1 fully saturated rings. The number of nitrogens with zero attached hydrogens (tertiary/aromatic N) is 2. The number of hydrogen-bond donors (Lipinski definition) is 1. The van der Waals surface area contributed by atoms with Gasteiger partial charge in [-0.1, -0.05) is 42.5 Å². The zero-order valence-corrected chi connectivity index (χ0v) is 14.1. The van der Waals surface area contributed by atoms with Crippen LogP contribution in [0.3, 0.4) is 0 Å². The minimum Gasteiger partial charge on any atom is -0.493 e. The molecule has 0 spiro atoms. The lowest BCUT2D eigenvalue weighted by Gasteiger charge is -2.07. The van der Waals surface area contributed by atoms with Gasteiger partial charge in [0, 0.05) is 6.42 Å². The zero-order valence-electron chi connectivity index (χ0n) is 13.3. The Morgan fingerprint density at radius 3 is 2.84 bits per heavy atom. The van der Waals surface area contributed by atoms with Gasteiger partial charge in [-0.2, -0.15) is 5.26 Å². The first-order valence-electron chi connectivity index (χ1n) is 7.69. The molecule has 1 aliphatic rings. The number of ether oxygens (including phenoxy) is 1. The second-order valence-corrected chi connectivity index (χ2v) is 6.27. The van der Waals surface area contributed by atoms with Crippen molar-refractivity contribution in [2.24, 2.45) is 4.99 Å². The van der Waals surface area contributed by atoms with Gasteiger partial charge in [0.05, 0.1) is 11.5 Å². The highest BCUT2D eigenvalue weighted by Gasteiger charge is 2.23. The SMILES string of the molecule is N#C/N=C1\NC(=O)/C(=C\c2cccc(OCCc3ccccc3)c2)S1. The average molecular weight is 349 g/mol. The van der Waals surface area contributed by atoms with E-state index in [1.165, 1.54) is 5.56 Å². The molecule has 1 heterocycles. The van der Waals surface area contributed by atoms with Crippen LogP contribution < -0.4 is 10.1 Å². The summed E-state index contributed by atoms with van der Waals surface area (Å²) in [4.78, 5) is 15.9. The zero-order chi connectivity index (χ0) is 17.5. The highest BCUT2D eigenvalue weighted by atomic mass is 32.2. The lowest BCUT2D eigenvalue weighted by Crippen LogP contribution is -2.19. The van der Waals surface area contributed by atoms with Crippen LogP contribution in [0.4, 0.5) is 0 Å². The van der Waals surface area contributed by atoms with E-state index in [-0.39, 0.29) is 5.91 Å². The van der Waals surface area contributed by atoms with Gasteiger partial charge in [-0.15, -0.1) is 4.99 Å². The molecule has 0 saturated carbocycles. The maximum absolute atomic E-state index is 11.9. The van der Waals surface area contributed by atoms with Gasteiger partial charge < -0.3 is 4.74 Å². The predicted molar refractivity (Wildman–Crippen MR) is 98.8 cm³/mol. The molecule has 5 nitrogen and oxygen atoms in total. The number of benzene rings is 2. The second-order valence-electron chi connectivity index (χ2n) is 5.24. The third-order valence-electron chi connectivity index (χ3n) is 3.46. The highest BCUT2D eigenvalue weighted by Crippen LogP contribution is 2.26. The molecule has 0 unspecified atom stereocenters. The van der Waals surface area contributed by atoms with Gasteiger partial charge in [0.15, 0.2) is 5.17 Å². The van der Waals surface area contributed by atoms with E-state index in [0.717, 1.165) is 29.5 Å². The first kappa shape index (κ1) is 16.8. The van der Waals surface area contributed by atoms with Gasteiger partial charge in [0.25, 0.3) is 5.91 Å². The van der Waals surface area contributed by atoms with Crippen molar-refractivity contribution in [2.45, 2.75) is 6.42 Å². The van der Waals surface area contributed by atoms with E-state index < -0.39 is 0 Å². The summed E-state index contributed by atoms with van der Waals surface area (Å²) in [7, 11) is 0. The molecular formula is C19H15N3O2S. The number of rotatable bonds is 5. The van der Waals surface area contributed by atoms with Crippen LogP contribution in [-0.4, -0.2) is 17.7 Å². The topological polar surface area (TPSA) is 74.5 Å². The van der Waals surface area contributed by atoms with E-state index in [2.05, 4.69) is 22.4 Å². The summed E-state index contributed by atoms with van der Waals surface area (Å²) in [5, 5.41) is 11.4. The first-order chi connectivity index (χ1) is 12.2. The van der Waals surface area contributed by atoms with Gasteiger partial charge in [-0.25, -0.2) is 0 Å². The van der Waals surface area contributed by atoms with Crippen molar-refractivity contribution in [1.82, 2.24) is 5.32 Å². The minimum atomic E-state index is -0.255. The summed E-state index contributed by atoms with van der Waals surface area (Å²) < 4.78 is 5.80. The molecule has 0 atom stereocenters. The van der Waals surface area contributed by atoms with Crippen LogP contribution in [0.25, 0.3) is 6.08 Å². The fourth-order valence-corrected chi connectivity index (χ4v) is 3.08. The van der Waals surface area contributed by atoms with E-state index >= 15 is 0 Å². The summed E-state index contributed by atoms with van der Waals surface area (Å²) >= 11 is 1.15. The van der Waals surface area contributed by atoms with E-state index in [1.807, 2.05) is 42.5 Å². The second kappa shape index (κ2) is 8.18. The van der Waals surface area contributed by atoms with Gasteiger partial charge in [0.2, 0.25) is 6.19 Å². The third kappa shape index (κ3) is 4.72. The minimum absolute atomic E-state index is 0.255. The van der Waals surface area contributed by atoms with E-state index in [0.29, 0.717) is 16.7 Å². The largest absolute Gasteiger partial charge is 0.493 e. The normalized spacial score (nSPS) is 16.7. The third-order valence-corrected chi connectivity index (χ3v) is 4.37. The number of nitriles is 1. The molecule has 2 aromatic carbocycles. The maximum Gasteiger partial charge on any atom is 0.264 e. The van der Waals surface area contributed by atoms with Gasteiger partial charge >= 0.3 is 0 Å². The molecule has 124 valence electrons. The molecule has 2 aromatic rings. The van der Waals surface area contributed by atoms with Crippen LogP contribution in [0.2, 0.25) is 0 Å². The quantitative estimate of drug-likeness (QED) is 0.663. The Bertz CT molecular complexity index is 870. The predicted octanol–water partition coefficient (Wildman–Crippen LogP) is 3.35. The van der Waals surface area contributed by atoms with Crippen LogP contribution in [-0.2, 0) is 11.2 Å². The number of amidine groups is 1. The standard InChI is InChI=1S/C19H15N3O2S/c20-13-21-19-22-18(23)17(25-19)12-15-7-4-8-16(11-15)24-10-9-14-5-2-1-3-6-14/h1-8,11-12H,9-10H2,(H,21,22,23)/b17-12+. The number of hydrogen-bond acceptors (Lipinski definition) is 5. The lowest BCUT2D eigenvalue weighted by molar-refractivity contribution is -0.115. The van der Waals surface area contributed by atoms with Gasteiger partial charge in [-0.05, 0) is 41.1 Å². The Morgan fingerprint density at radius 2 is 2.04 bits per heavy atom. The number of thioether (sulfide) groups is 1. The van der Waals surface area contributed by atoms with Crippen molar-refractivity contribution in [3.05, 3.63) is 70.6 Å². The Balaban J connectivity index is 1.64. The first-order valence-corrected chi connectivity index (χ1v) is 8.51. The number of amides is 1. The molecule has 0 aliphatic carbocycles. The monoisotopic (exact) mass is 349 g/mol. The number of nitrogens with one attached hydrogen (secondary N) is 1. The highest BCUT2D eigenvalue weighted by molar-refractivity contribution is 8.18. The Hall–Kier alpha value is -3.04. The smallest absolute Gasteiger partial charge is 0.264 e. The molecule has 25 heavy (non-hydrogen) atoms. The van der Waals surface area contributed by atoms with Crippen molar-refractivity contribution in [3.8, 4) is 11.9 Å². The van der Waals surface area contributed by atoms with Crippen LogP contribution in [0.5, 0.6) is 5.75 Å². The molecule has 6 heteroatoms. The summed E-state index contributed by atoms with van der Waals surface area (Å²) in [5.41, 5.74) is 2.08. The molecule has 0 radical (unpaired) electrons. The van der Waals surface area contributed by atoms with E-state index in [4.69, 9.17) is 10.00 Å². The van der Waals surface area contributed by atoms with Crippen LogP contribution in [0.15, 0.2) is 64.5 Å². The Labute approximate surface area is 150 Å². The Morgan fingerprint density at radius 1 is 1.20 bits per heavy atom. The molecular weight excluding hydrogens is 334 g/mol. The maximum atomic E-state index is 11.9. The van der Waals surface area contributed by atoms with Gasteiger partial charge in [0.1, 0.15) is 5.75 Å². The molecule has 1 amide bonds. The van der Waals surface area contributed by atoms with Crippen molar-refractivity contribution in [2.75, 3.05) is 6.61 Å². The average Bonchev–Trinajstić information content (AvgIpc) is 2.96. The number of carbonyl (C=O) groups is 1. The van der Waals surface area contributed by atoms with Crippen molar-refractivity contribution >= 4 is 28.9 Å². The van der Waals surface area contributed by atoms with Crippen molar-refractivity contribution in [3.63, 3.8) is 0 Å². The van der Waals surface area contributed by atoms with E-state index in [9.17, 15) is 4.79 Å². The Kier molecular flexibility index (Phi) is 5.50. The number of aliphatic imine (C=N–C) groups is 1. The molecule has 1 N–H and O–H groups in total. The van der Waals surface area contributed by atoms with Crippen molar-refractivity contribution in [1.29, 1.82) is 5.26 Å². The molecule has 1 saturated heterocycles. The summed E-state index contributed by atoms with van der Waals surface area (Å²) in [5.74, 6) is 0.494. The fraction of sp³-hybridized carbons (Fsp3) is 0.105. The van der Waals surface area contributed by atoms with Gasteiger partial charge in [-0.3, -0.25) is 10.1 Å². The number of carbonyl (C=O) groups excluding carboxylic acids is 1. The van der Waals surface area contributed by atoms with Crippen LogP contribution in [0, 0.1) is 11.5 Å². The molecule has 0 bridgehead atoms. The summed E-state index contributed by atoms with van der Waals surface area (Å²) in [6.07, 6.45) is 4.25. The van der Waals surface area contributed by atoms with Crippen LogP contribution in [0.1, 0.15) is 11.1 Å². The fourth-order valence-electron chi connectivity index (χ4n) is 2.30. The lowest BCUT2D eigenvalue weighted by atomic mass is 10.1. The summed E-state index contributed by atoms with van der Waals surface area (Å²) in [6, 6.07) is 17.7. The summed E-state index contributed by atoms with van der Waals surface area (Å²) in [6.45, 7) is 0.582. The molecule has 0 aromatic heterocycles. The van der Waals surface area contributed by atoms with E-state index in [1.54, 1.807) is 12.3 Å².